The molecule has 0 saturated carbocycles. The molecule has 2 rings (SSSR count). The molecule has 6 heteroatoms. The zero-order valence-corrected chi connectivity index (χ0v) is 8.09. The van der Waals surface area contributed by atoms with E-state index >= 15 is 0 Å². The molecule has 1 N–H and O–H groups in total. The van der Waals surface area contributed by atoms with Gasteiger partial charge < -0.3 is 5.32 Å². The van der Waals surface area contributed by atoms with Gasteiger partial charge >= 0.3 is 0 Å². The predicted octanol–water partition coefficient (Wildman–Crippen LogP) is 2.46. The molecule has 0 aromatic heterocycles. The van der Waals surface area contributed by atoms with Gasteiger partial charge in [-0.2, -0.15) is 0 Å². The second-order valence-corrected chi connectivity index (χ2v) is 3.67. The molecule has 1 heterocycles. The van der Waals surface area contributed by atoms with Gasteiger partial charge in [0, 0.05) is 18.0 Å². The minimum atomic E-state index is -2.11. The quantitative estimate of drug-likeness (QED) is 0.449. The largest absolute Gasteiger partial charge is 0.316 e. The van der Waals surface area contributed by atoms with Crippen LogP contribution in [0.25, 0.3) is 0 Å². The van der Waals surface area contributed by atoms with Crippen molar-refractivity contribution in [3.8, 4) is 0 Å². The number of nitrogens with one attached hydrogen (secondary N) is 1. The number of rotatable bonds is 1. The lowest BCUT2D eigenvalue weighted by Crippen LogP contribution is -2.14. The van der Waals surface area contributed by atoms with E-state index in [0.717, 1.165) is 0 Å². The fourth-order valence-corrected chi connectivity index (χ4v) is 1.88. The highest BCUT2D eigenvalue weighted by atomic mass is 19.2. The van der Waals surface area contributed by atoms with E-state index in [-0.39, 0.29) is 6.54 Å². The van der Waals surface area contributed by atoms with Crippen LogP contribution in [-0.4, -0.2) is 13.1 Å². The molecule has 1 nitrogen and oxygen atoms in total. The summed E-state index contributed by atoms with van der Waals surface area (Å²) in [6.07, 6.45) is 0.359. The van der Waals surface area contributed by atoms with Crippen LogP contribution >= 0.6 is 0 Å². The Balaban J connectivity index is 2.59. The molecule has 0 spiro atoms. The molecular formula is C10H8F5N. The maximum absolute atomic E-state index is 13.3. The van der Waals surface area contributed by atoms with E-state index in [1.54, 1.807) is 0 Å². The summed E-state index contributed by atoms with van der Waals surface area (Å²) in [4.78, 5) is 0. The van der Waals surface area contributed by atoms with Crippen molar-refractivity contribution in [2.75, 3.05) is 13.1 Å². The standard InChI is InChI=1S/C10H8F5N/c11-6-5(4-1-2-16-3-4)7(12)9(14)10(15)8(6)13/h4,16H,1-3H2. The Morgan fingerprint density at radius 3 is 1.75 bits per heavy atom. The highest BCUT2D eigenvalue weighted by molar-refractivity contribution is 5.28. The summed E-state index contributed by atoms with van der Waals surface area (Å²) in [7, 11) is 0. The minimum Gasteiger partial charge on any atom is -0.316 e. The van der Waals surface area contributed by atoms with Gasteiger partial charge in [-0.25, -0.2) is 22.0 Å². The third kappa shape index (κ3) is 1.57. The highest BCUT2D eigenvalue weighted by Crippen LogP contribution is 2.31. The molecule has 16 heavy (non-hydrogen) atoms. The lowest BCUT2D eigenvalue weighted by Gasteiger charge is -2.12. The van der Waals surface area contributed by atoms with Crippen molar-refractivity contribution in [1.82, 2.24) is 5.32 Å². The lowest BCUT2D eigenvalue weighted by molar-refractivity contribution is 0.365. The summed E-state index contributed by atoms with van der Waals surface area (Å²) in [5, 5.41) is 2.81. The smallest absolute Gasteiger partial charge is 0.200 e. The highest BCUT2D eigenvalue weighted by Gasteiger charge is 2.31. The Morgan fingerprint density at radius 2 is 1.31 bits per heavy atom. The van der Waals surface area contributed by atoms with Gasteiger partial charge in [0.25, 0.3) is 0 Å². The molecule has 0 amide bonds. The van der Waals surface area contributed by atoms with E-state index in [0.29, 0.717) is 13.0 Å². The Hall–Kier alpha value is -1.17. The Bertz CT molecular complexity index is 397. The molecule has 1 fully saturated rings. The molecule has 1 atom stereocenters. The zero-order valence-electron chi connectivity index (χ0n) is 8.09. The van der Waals surface area contributed by atoms with Gasteiger partial charge in [-0.05, 0) is 13.0 Å². The molecule has 1 saturated heterocycles. The third-order valence-electron chi connectivity index (χ3n) is 2.71. The first-order valence-electron chi connectivity index (χ1n) is 4.76. The van der Waals surface area contributed by atoms with Gasteiger partial charge in [0.2, 0.25) is 5.82 Å². The number of hydrogen-bond donors (Lipinski definition) is 1. The van der Waals surface area contributed by atoms with Crippen molar-refractivity contribution in [3.05, 3.63) is 34.6 Å². The number of hydrogen-bond acceptors (Lipinski definition) is 1. The second-order valence-electron chi connectivity index (χ2n) is 3.67. The first-order chi connectivity index (χ1) is 7.54. The summed E-state index contributed by atoms with van der Waals surface area (Å²) in [5.74, 6) is -9.95. The summed E-state index contributed by atoms with van der Waals surface area (Å²) >= 11 is 0. The van der Waals surface area contributed by atoms with Gasteiger partial charge in [-0.3, -0.25) is 0 Å². The third-order valence-corrected chi connectivity index (χ3v) is 2.71. The van der Waals surface area contributed by atoms with Crippen LogP contribution in [0.2, 0.25) is 0 Å². The summed E-state index contributed by atoms with van der Waals surface area (Å²) in [6, 6.07) is 0. The van der Waals surface area contributed by atoms with Crippen LogP contribution in [0.15, 0.2) is 0 Å². The first-order valence-corrected chi connectivity index (χ1v) is 4.76. The average molecular weight is 237 g/mol. The first kappa shape index (κ1) is 11.3. The van der Waals surface area contributed by atoms with Crippen LogP contribution in [0, 0.1) is 29.1 Å². The van der Waals surface area contributed by atoms with E-state index in [2.05, 4.69) is 5.32 Å². The van der Waals surface area contributed by atoms with Crippen LogP contribution in [0.1, 0.15) is 17.9 Å². The summed E-state index contributed by atoms with van der Waals surface area (Å²) in [6.45, 7) is 0.725. The van der Waals surface area contributed by atoms with E-state index in [9.17, 15) is 22.0 Å². The van der Waals surface area contributed by atoms with Gasteiger partial charge in [0.1, 0.15) is 0 Å². The molecule has 0 aliphatic carbocycles. The van der Waals surface area contributed by atoms with Gasteiger partial charge in [-0.15, -0.1) is 0 Å². The van der Waals surface area contributed by atoms with Crippen molar-refractivity contribution >= 4 is 0 Å². The molecule has 1 aromatic rings. The van der Waals surface area contributed by atoms with Gasteiger partial charge in [0.05, 0.1) is 0 Å². The van der Waals surface area contributed by atoms with E-state index in [1.807, 2.05) is 0 Å². The normalized spacial score (nSPS) is 20.4. The molecular weight excluding hydrogens is 229 g/mol. The Labute approximate surface area is 88.3 Å². The molecule has 1 unspecified atom stereocenters. The molecule has 0 radical (unpaired) electrons. The van der Waals surface area contributed by atoms with Crippen molar-refractivity contribution in [1.29, 1.82) is 0 Å². The maximum Gasteiger partial charge on any atom is 0.200 e. The van der Waals surface area contributed by atoms with Gasteiger partial charge in [-0.1, -0.05) is 0 Å². The van der Waals surface area contributed by atoms with Crippen molar-refractivity contribution in [2.24, 2.45) is 0 Å². The molecule has 1 aliphatic rings. The Morgan fingerprint density at radius 1 is 0.812 bits per heavy atom. The van der Waals surface area contributed by atoms with Crippen LogP contribution in [-0.2, 0) is 0 Å². The second kappa shape index (κ2) is 4.01. The van der Waals surface area contributed by atoms with Crippen molar-refractivity contribution < 1.29 is 22.0 Å². The SMILES string of the molecule is Fc1c(F)c(F)c(C2CCNC2)c(F)c1F. The van der Waals surface area contributed by atoms with Crippen molar-refractivity contribution in [3.63, 3.8) is 0 Å². The van der Waals surface area contributed by atoms with Crippen LogP contribution in [0.5, 0.6) is 0 Å². The van der Waals surface area contributed by atoms with E-state index in [1.165, 1.54) is 0 Å². The average Bonchev–Trinajstić information content (AvgIpc) is 2.77. The lowest BCUT2D eigenvalue weighted by atomic mass is 9.96. The molecule has 0 bridgehead atoms. The zero-order chi connectivity index (χ0) is 11.9. The maximum atomic E-state index is 13.3. The fraction of sp³-hybridized carbons (Fsp3) is 0.400. The van der Waals surface area contributed by atoms with E-state index < -0.39 is 40.6 Å². The number of halogens is 5. The van der Waals surface area contributed by atoms with Gasteiger partial charge in [0.15, 0.2) is 23.3 Å². The molecule has 1 aliphatic heterocycles. The summed E-state index contributed by atoms with van der Waals surface area (Å²) in [5.41, 5.74) is -0.707. The molecule has 88 valence electrons. The Kier molecular flexibility index (Phi) is 2.84. The van der Waals surface area contributed by atoms with Crippen LogP contribution in [0.3, 0.4) is 0 Å². The van der Waals surface area contributed by atoms with Crippen LogP contribution < -0.4 is 5.32 Å². The van der Waals surface area contributed by atoms with E-state index in [4.69, 9.17) is 0 Å². The number of benzene rings is 1. The summed E-state index contributed by atoms with van der Waals surface area (Å²) < 4.78 is 65.1. The fourth-order valence-electron chi connectivity index (χ4n) is 1.88. The monoisotopic (exact) mass is 237 g/mol. The minimum absolute atomic E-state index is 0.221. The predicted molar refractivity (Wildman–Crippen MR) is 46.5 cm³/mol. The van der Waals surface area contributed by atoms with Crippen LogP contribution in [0.4, 0.5) is 22.0 Å². The topological polar surface area (TPSA) is 12.0 Å². The van der Waals surface area contributed by atoms with Crippen molar-refractivity contribution in [2.45, 2.75) is 12.3 Å². The molecule has 1 aromatic carbocycles.